The van der Waals surface area contributed by atoms with E-state index in [4.69, 9.17) is 4.74 Å². The number of piperidine rings is 1. The Morgan fingerprint density at radius 2 is 1.76 bits per heavy atom. The van der Waals surface area contributed by atoms with Crippen molar-refractivity contribution in [2.24, 2.45) is 0 Å². The standard InChI is InChI=1S/C14H28N2O/c1-5-15-8-6-14(7-9-15)12-16(10-11-17-14)13(2,3)4/h5-12H2,1-4H3. The summed E-state index contributed by atoms with van der Waals surface area (Å²) in [5, 5.41) is 0. The van der Waals surface area contributed by atoms with E-state index in [0.717, 1.165) is 19.7 Å². The molecule has 100 valence electrons. The number of ether oxygens (including phenoxy) is 1. The molecular weight excluding hydrogens is 212 g/mol. The van der Waals surface area contributed by atoms with E-state index < -0.39 is 0 Å². The number of rotatable bonds is 1. The van der Waals surface area contributed by atoms with Crippen LogP contribution in [-0.4, -0.2) is 60.3 Å². The van der Waals surface area contributed by atoms with Gasteiger partial charge in [0.15, 0.2) is 0 Å². The van der Waals surface area contributed by atoms with Crippen molar-refractivity contribution in [3.05, 3.63) is 0 Å². The van der Waals surface area contributed by atoms with Gasteiger partial charge in [0, 0.05) is 31.7 Å². The molecular formula is C14H28N2O. The molecule has 2 aliphatic rings. The first kappa shape index (κ1) is 13.3. The van der Waals surface area contributed by atoms with Gasteiger partial charge in [-0.05, 0) is 40.2 Å². The Balaban J connectivity index is 1.97. The maximum Gasteiger partial charge on any atom is 0.0834 e. The molecule has 2 rings (SSSR count). The fraction of sp³-hybridized carbons (Fsp3) is 1.00. The van der Waals surface area contributed by atoms with Crippen molar-refractivity contribution in [3.63, 3.8) is 0 Å². The Labute approximate surface area is 106 Å². The third-order valence-corrected chi connectivity index (χ3v) is 4.41. The molecule has 0 aromatic heterocycles. The summed E-state index contributed by atoms with van der Waals surface area (Å²) in [6, 6.07) is 0. The van der Waals surface area contributed by atoms with Crippen molar-refractivity contribution in [1.29, 1.82) is 0 Å². The van der Waals surface area contributed by atoms with E-state index in [-0.39, 0.29) is 11.1 Å². The summed E-state index contributed by atoms with van der Waals surface area (Å²) in [6.07, 6.45) is 2.40. The Morgan fingerprint density at radius 1 is 1.12 bits per heavy atom. The lowest BCUT2D eigenvalue weighted by Gasteiger charge is -2.50. The van der Waals surface area contributed by atoms with Gasteiger partial charge in [0.1, 0.15) is 0 Å². The van der Waals surface area contributed by atoms with Crippen LogP contribution in [0.1, 0.15) is 40.5 Å². The smallest absolute Gasteiger partial charge is 0.0834 e. The van der Waals surface area contributed by atoms with Crippen LogP contribution in [0.4, 0.5) is 0 Å². The second-order valence-electron chi connectivity index (χ2n) is 6.56. The van der Waals surface area contributed by atoms with E-state index in [0.29, 0.717) is 0 Å². The summed E-state index contributed by atoms with van der Waals surface area (Å²) < 4.78 is 6.16. The highest BCUT2D eigenvalue weighted by Crippen LogP contribution is 2.32. The summed E-state index contributed by atoms with van der Waals surface area (Å²) in [7, 11) is 0. The van der Waals surface area contributed by atoms with Gasteiger partial charge in [0.25, 0.3) is 0 Å². The minimum absolute atomic E-state index is 0.150. The maximum atomic E-state index is 6.16. The molecule has 0 atom stereocenters. The van der Waals surface area contributed by atoms with Gasteiger partial charge in [-0.3, -0.25) is 4.90 Å². The molecule has 0 aliphatic carbocycles. The first-order valence-electron chi connectivity index (χ1n) is 7.07. The second kappa shape index (κ2) is 4.87. The SMILES string of the molecule is CCN1CCC2(CC1)CN(C(C)(C)C)CCO2. The summed E-state index contributed by atoms with van der Waals surface area (Å²) in [4.78, 5) is 5.13. The number of hydrogen-bond donors (Lipinski definition) is 0. The minimum Gasteiger partial charge on any atom is -0.372 e. The molecule has 0 aromatic rings. The first-order chi connectivity index (χ1) is 7.95. The Morgan fingerprint density at radius 3 is 2.29 bits per heavy atom. The number of likely N-dealkylation sites (tertiary alicyclic amines) is 1. The molecule has 0 N–H and O–H groups in total. The highest BCUT2D eigenvalue weighted by atomic mass is 16.5. The molecule has 2 saturated heterocycles. The van der Waals surface area contributed by atoms with E-state index >= 15 is 0 Å². The number of hydrogen-bond acceptors (Lipinski definition) is 3. The second-order valence-corrected chi connectivity index (χ2v) is 6.56. The Kier molecular flexibility index (Phi) is 3.81. The van der Waals surface area contributed by atoms with Crippen LogP contribution in [-0.2, 0) is 4.74 Å². The summed E-state index contributed by atoms with van der Waals surface area (Å²) in [5.74, 6) is 0. The van der Waals surface area contributed by atoms with Crippen LogP contribution in [0.2, 0.25) is 0 Å². The van der Waals surface area contributed by atoms with Crippen LogP contribution in [0.5, 0.6) is 0 Å². The molecule has 17 heavy (non-hydrogen) atoms. The van der Waals surface area contributed by atoms with Crippen LogP contribution in [0, 0.1) is 0 Å². The van der Waals surface area contributed by atoms with Crippen molar-refractivity contribution in [1.82, 2.24) is 9.80 Å². The number of nitrogens with zero attached hydrogens (tertiary/aromatic N) is 2. The third-order valence-electron chi connectivity index (χ3n) is 4.41. The van der Waals surface area contributed by atoms with Crippen LogP contribution >= 0.6 is 0 Å². The van der Waals surface area contributed by atoms with Crippen molar-refractivity contribution in [2.45, 2.75) is 51.7 Å². The predicted molar refractivity (Wildman–Crippen MR) is 71.4 cm³/mol. The van der Waals surface area contributed by atoms with Gasteiger partial charge in [-0.25, -0.2) is 0 Å². The highest BCUT2D eigenvalue weighted by Gasteiger charge is 2.41. The average molecular weight is 240 g/mol. The van der Waals surface area contributed by atoms with Crippen LogP contribution in [0.3, 0.4) is 0 Å². The van der Waals surface area contributed by atoms with Gasteiger partial charge in [-0.2, -0.15) is 0 Å². The van der Waals surface area contributed by atoms with Gasteiger partial charge in [-0.1, -0.05) is 6.92 Å². The Bertz CT molecular complexity index is 251. The summed E-state index contributed by atoms with van der Waals surface area (Å²) in [5.41, 5.74) is 0.426. The quantitative estimate of drug-likeness (QED) is 0.697. The molecule has 3 nitrogen and oxygen atoms in total. The van der Waals surface area contributed by atoms with Crippen LogP contribution in [0.25, 0.3) is 0 Å². The summed E-state index contributed by atoms with van der Waals surface area (Å²) in [6.45, 7) is 15.9. The summed E-state index contributed by atoms with van der Waals surface area (Å²) >= 11 is 0. The molecule has 3 heteroatoms. The number of morpholine rings is 1. The molecule has 1 spiro atoms. The zero-order chi connectivity index (χ0) is 12.5. The monoisotopic (exact) mass is 240 g/mol. The lowest BCUT2D eigenvalue weighted by atomic mass is 9.87. The van der Waals surface area contributed by atoms with Crippen LogP contribution in [0.15, 0.2) is 0 Å². The van der Waals surface area contributed by atoms with Gasteiger partial charge in [-0.15, -0.1) is 0 Å². The maximum absolute atomic E-state index is 6.16. The molecule has 0 saturated carbocycles. The molecule has 0 unspecified atom stereocenters. The van der Waals surface area contributed by atoms with Crippen molar-refractivity contribution < 1.29 is 4.74 Å². The first-order valence-corrected chi connectivity index (χ1v) is 7.07. The third kappa shape index (κ3) is 3.01. The highest BCUT2D eigenvalue weighted by molar-refractivity contribution is 4.95. The van der Waals surface area contributed by atoms with E-state index in [1.54, 1.807) is 0 Å². The van der Waals surface area contributed by atoms with Gasteiger partial charge in [0.2, 0.25) is 0 Å². The van der Waals surface area contributed by atoms with Gasteiger partial charge < -0.3 is 9.64 Å². The average Bonchev–Trinajstić information content (AvgIpc) is 2.29. The lowest BCUT2D eigenvalue weighted by molar-refractivity contribution is -0.151. The van der Waals surface area contributed by atoms with Gasteiger partial charge >= 0.3 is 0 Å². The zero-order valence-electron chi connectivity index (χ0n) is 12.0. The van der Waals surface area contributed by atoms with Gasteiger partial charge in [0.05, 0.1) is 12.2 Å². The predicted octanol–water partition coefficient (Wildman–Crippen LogP) is 1.97. The fourth-order valence-electron chi connectivity index (χ4n) is 3.00. The van der Waals surface area contributed by atoms with E-state index in [2.05, 4.69) is 37.5 Å². The molecule has 2 heterocycles. The normalized spacial score (nSPS) is 27.5. The van der Waals surface area contributed by atoms with E-state index in [9.17, 15) is 0 Å². The Hall–Kier alpha value is -0.120. The molecule has 0 bridgehead atoms. The molecule has 0 aromatic carbocycles. The molecule has 0 amide bonds. The zero-order valence-corrected chi connectivity index (χ0v) is 12.0. The largest absolute Gasteiger partial charge is 0.372 e. The van der Waals surface area contributed by atoms with E-state index in [1.165, 1.54) is 32.5 Å². The van der Waals surface area contributed by atoms with Crippen molar-refractivity contribution >= 4 is 0 Å². The lowest BCUT2D eigenvalue weighted by Crippen LogP contribution is -2.60. The minimum atomic E-state index is 0.150. The van der Waals surface area contributed by atoms with Crippen molar-refractivity contribution in [2.75, 3.05) is 39.3 Å². The topological polar surface area (TPSA) is 15.7 Å². The van der Waals surface area contributed by atoms with E-state index in [1.807, 2.05) is 0 Å². The molecule has 2 fully saturated rings. The van der Waals surface area contributed by atoms with Crippen LogP contribution < -0.4 is 0 Å². The molecule has 0 radical (unpaired) electrons. The van der Waals surface area contributed by atoms with Crippen molar-refractivity contribution in [3.8, 4) is 0 Å². The fourth-order valence-corrected chi connectivity index (χ4v) is 3.00. The molecule has 2 aliphatic heterocycles.